The van der Waals surface area contributed by atoms with Crippen LogP contribution in [0.1, 0.15) is 27.7 Å². The molecular formula is C10H18FN5. The maximum absolute atomic E-state index is 13.2. The fourth-order valence-electron chi connectivity index (χ4n) is 1.31. The SMILES string of the molecule is CCN(CC)c1nc(F)nc(NC(C)C)n1. The zero-order valence-corrected chi connectivity index (χ0v) is 10.2. The van der Waals surface area contributed by atoms with Gasteiger partial charge in [0.25, 0.3) is 0 Å². The Morgan fingerprint density at radius 3 is 2.31 bits per heavy atom. The van der Waals surface area contributed by atoms with Gasteiger partial charge >= 0.3 is 6.08 Å². The van der Waals surface area contributed by atoms with Gasteiger partial charge in [-0.05, 0) is 27.7 Å². The van der Waals surface area contributed by atoms with Crippen molar-refractivity contribution in [3.05, 3.63) is 6.08 Å². The summed E-state index contributed by atoms with van der Waals surface area (Å²) in [6.07, 6.45) is -0.750. The van der Waals surface area contributed by atoms with Crippen molar-refractivity contribution in [2.75, 3.05) is 23.3 Å². The molecular weight excluding hydrogens is 209 g/mol. The zero-order valence-electron chi connectivity index (χ0n) is 10.2. The average molecular weight is 227 g/mol. The molecule has 1 N–H and O–H groups in total. The van der Waals surface area contributed by atoms with Crippen LogP contribution in [0.3, 0.4) is 0 Å². The third-order valence-corrected chi connectivity index (χ3v) is 2.06. The van der Waals surface area contributed by atoms with E-state index < -0.39 is 6.08 Å². The summed E-state index contributed by atoms with van der Waals surface area (Å²) in [5, 5.41) is 2.96. The van der Waals surface area contributed by atoms with Crippen molar-refractivity contribution in [2.45, 2.75) is 33.7 Å². The van der Waals surface area contributed by atoms with E-state index in [1.165, 1.54) is 0 Å². The van der Waals surface area contributed by atoms with Crippen LogP contribution in [0, 0.1) is 6.08 Å². The maximum Gasteiger partial charge on any atom is 0.315 e. The number of nitrogens with one attached hydrogen (secondary N) is 1. The van der Waals surface area contributed by atoms with Gasteiger partial charge < -0.3 is 10.2 Å². The third kappa shape index (κ3) is 3.29. The summed E-state index contributed by atoms with van der Waals surface area (Å²) < 4.78 is 13.2. The molecule has 0 unspecified atom stereocenters. The summed E-state index contributed by atoms with van der Waals surface area (Å²) in [6.45, 7) is 9.31. The smallest absolute Gasteiger partial charge is 0.315 e. The molecule has 0 saturated carbocycles. The minimum Gasteiger partial charge on any atom is -0.352 e. The molecule has 6 heteroatoms. The molecule has 5 nitrogen and oxygen atoms in total. The molecule has 0 fully saturated rings. The molecule has 0 aromatic carbocycles. The molecule has 0 saturated heterocycles. The Balaban J connectivity index is 2.97. The highest BCUT2D eigenvalue weighted by atomic mass is 19.1. The van der Waals surface area contributed by atoms with Gasteiger partial charge in [0.1, 0.15) is 0 Å². The fraction of sp³-hybridized carbons (Fsp3) is 0.700. The summed E-state index contributed by atoms with van der Waals surface area (Å²) in [6, 6.07) is 0.159. The van der Waals surface area contributed by atoms with Crippen LogP contribution >= 0.6 is 0 Å². The standard InChI is InChI=1S/C10H18FN5/c1-5-16(6-2)10-14-8(11)13-9(15-10)12-7(3)4/h7H,5-6H2,1-4H3,(H,12,13,14,15). The van der Waals surface area contributed by atoms with E-state index in [2.05, 4.69) is 20.3 Å². The molecule has 0 amide bonds. The Kier molecular flexibility index (Phi) is 4.39. The molecule has 1 aromatic rings. The summed E-state index contributed by atoms with van der Waals surface area (Å²) in [5.74, 6) is 0.657. The number of halogens is 1. The predicted octanol–water partition coefficient (Wildman–Crippen LogP) is 1.68. The van der Waals surface area contributed by atoms with E-state index in [1.807, 2.05) is 32.6 Å². The van der Waals surface area contributed by atoms with E-state index in [1.54, 1.807) is 0 Å². The molecule has 0 aliphatic rings. The lowest BCUT2D eigenvalue weighted by Gasteiger charge is -2.19. The lowest BCUT2D eigenvalue weighted by atomic mass is 10.4. The van der Waals surface area contributed by atoms with Crippen LogP contribution in [-0.2, 0) is 0 Å². The largest absolute Gasteiger partial charge is 0.352 e. The molecule has 16 heavy (non-hydrogen) atoms. The first-order valence-electron chi connectivity index (χ1n) is 5.49. The highest BCUT2D eigenvalue weighted by Gasteiger charge is 2.11. The summed E-state index contributed by atoms with van der Waals surface area (Å²) in [7, 11) is 0. The number of hydrogen-bond donors (Lipinski definition) is 1. The van der Waals surface area contributed by atoms with Gasteiger partial charge in [-0.2, -0.15) is 19.3 Å². The van der Waals surface area contributed by atoms with Crippen LogP contribution in [0.25, 0.3) is 0 Å². The minimum atomic E-state index is -0.750. The van der Waals surface area contributed by atoms with Crippen molar-refractivity contribution in [1.29, 1.82) is 0 Å². The van der Waals surface area contributed by atoms with Gasteiger partial charge in [0.05, 0.1) is 0 Å². The number of rotatable bonds is 5. The molecule has 0 bridgehead atoms. The molecule has 1 rings (SSSR count). The van der Waals surface area contributed by atoms with Crippen molar-refractivity contribution < 1.29 is 4.39 Å². The molecule has 0 spiro atoms. The zero-order chi connectivity index (χ0) is 12.1. The Morgan fingerprint density at radius 1 is 1.19 bits per heavy atom. The van der Waals surface area contributed by atoms with Crippen molar-refractivity contribution in [1.82, 2.24) is 15.0 Å². The van der Waals surface area contributed by atoms with Gasteiger partial charge in [0.15, 0.2) is 0 Å². The molecule has 0 aliphatic carbocycles. The van der Waals surface area contributed by atoms with Crippen molar-refractivity contribution in [3.63, 3.8) is 0 Å². The second-order valence-electron chi connectivity index (χ2n) is 3.70. The normalized spacial score (nSPS) is 10.6. The molecule has 1 aromatic heterocycles. The lowest BCUT2D eigenvalue weighted by Crippen LogP contribution is -2.26. The second-order valence-corrected chi connectivity index (χ2v) is 3.70. The van der Waals surface area contributed by atoms with E-state index in [0.29, 0.717) is 5.95 Å². The monoisotopic (exact) mass is 227 g/mol. The first-order chi connectivity index (χ1) is 7.56. The predicted molar refractivity (Wildman–Crippen MR) is 62.1 cm³/mol. The summed E-state index contributed by atoms with van der Waals surface area (Å²) in [5.41, 5.74) is 0. The average Bonchev–Trinajstić information content (AvgIpc) is 2.17. The van der Waals surface area contributed by atoms with Crippen LogP contribution in [-0.4, -0.2) is 34.1 Å². The number of nitrogens with zero attached hydrogens (tertiary/aromatic N) is 4. The van der Waals surface area contributed by atoms with Gasteiger partial charge in [0.2, 0.25) is 11.9 Å². The van der Waals surface area contributed by atoms with E-state index in [0.717, 1.165) is 13.1 Å². The van der Waals surface area contributed by atoms with Crippen molar-refractivity contribution >= 4 is 11.9 Å². The number of anilines is 2. The maximum atomic E-state index is 13.2. The minimum absolute atomic E-state index is 0.159. The van der Waals surface area contributed by atoms with E-state index in [-0.39, 0.29) is 12.0 Å². The quantitative estimate of drug-likeness (QED) is 0.829. The first kappa shape index (κ1) is 12.6. The Labute approximate surface area is 95.1 Å². The van der Waals surface area contributed by atoms with Gasteiger partial charge in [-0.25, -0.2) is 0 Å². The van der Waals surface area contributed by atoms with Gasteiger partial charge in [0, 0.05) is 19.1 Å². The Morgan fingerprint density at radius 2 is 1.81 bits per heavy atom. The molecule has 0 aliphatic heterocycles. The van der Waals surface area contributed by atoms with Crippen molar-refractivity contribution in [2.24, 2.45) is 0 Å². The van der Waals surface area contributed by atoms with Crippen LogP contribution in [0.5, 0.6) is 0 Å². The number of hydrogen-bond acceptors (Lipinski definition) is 5. The highest BCUT2D eigenvalue weighted by molar-refractivity contribution is 5.35. The summed E-state index contributed by atoms with van der Waals surface area (Å²) >= 11 is 0. The van der Waals surface area contributed by atoms with Gasteiger partial charge in [-0.3, -0.25) is 0 Å². The van der Waals surface area contributed by atoms with Crippen LogP contribution in [0.2, 0.25) is 0 Å². The molecule has 90 valence electrons. The Hall–Kier alpha value is -1.46. The topological polar surface area (TPSA) is 53.9 Å². The number of aromatic nitrogens is 3. The van der Waals surface area contributed by atoms with E-state index in [9.17, 15) is 4.39 Å². The fourth-order valence-corrected chi connectivity index (χ4v) is 1.31. The highest BCUT2D eigenvalue weighted by Crippen LogP contribution is 2.10. The summed E-state index contributed by atoms with van der Waals surface area (Å²) in [4.78, 5) is 13.3. The Bertz CT molecular complexity index is 338. The van der Waals surface area contributed by atoms with E-state index in [4.69, 9.17) is 0 Å². The van der Waals surface area contributed by atoms with E-state index >= 15 is 0 Å². The first-order valence-corrected chi connectivity index (χ1v) is 5.49. The molecule has 0 radical (unpaired) electrons. The van der Waals surface area contributed by atoms with Gasteiger partial charge in [-0.15, -0.1) is 0 Å². The lowest BCUT2D eigenvalue weighted by molar-refractivity contribution is 0.531. The second kappa shape index (κ2) is 5.58. The van der Waals surface area contributed by atoms with Gasteiger partial charge in [-0.1, -0.05) is 0 Å². The van der Waals surface area contributed by atoms with Crippen LogP contribution in [0.15, 0.2) is 0 Å². The van der Waals surface area contributed by atoms with Crippen LogP contribution in [0.4, 0.5) is 16.3 Å². The third-order valence-electron chi connectivity index (χ3n) is 2.06. The molecule has 1 heterocycles. The molecule has 0 atom stereocenters. The van der Waals surface area contributed by atoms with Crippen LogP contribution < -0.4 is 10.2 Å². The van der Waals surface area contributed by atoms with Crippen molar-refractivity contribution in [3.8, 4) is 0 Å².